The molecule has 27 heavy (non-hydrogen) atoms. The Kier molecular flexibility index (Phi) is 5.04. The van der Waals surface area contributed by atoms with Gasteiger partial charge < -0.3 is 5.32 Å². The maximum Gasteiger partial charge on any atom is 0.258 e. The molecule has 0 radical (unpaired) electrons. The third-order valence-electron chi connectivity index (χ3n) is 3.86. The summed E-state index contributed by atoms with van der Waals surface area (Å²) in [4.78, 5) is 12.2. The van der Waals surface area contributed by atoms with Gasteiger partial charge in [-0.15, -0.1) is 0 Å². The molecule has 1 N–H and O–H groups in total. The summed E-state index contributed by atoms with van der Waals surface area (Å²) < 4.78 is 52.9. The molecule has 3 rings (SSSR count). The highest BCUT2D eigenvalue weighted by Gasteiger charge is 2.19. The Morgan fingerprint density at radius 2 is 1.89 bits per heavy atom. The molecule has 1 heterocycles. The average molecular weight is 391 g/mol. The van der Waals surface area contributed by atoms with Crippen LogP contribution < -0.4 is 5.32 Å². The van der Waals surface area contributed by atoms with Crippen molar-refractivity contribution in [2.45, 2.75) is 11.8 Å². The second-order valence-electron chi connectivity index (χ2n) is 5.62. The van der Waals surface area contributed by atoms with Crippen molar-refractivity contribution in [1.82, 2.24) is 9.78 Å². The van der Waals surface area contributed by atoms with Gasteiger partial charge in [-0.25, -0.2) is 21.9 Å². The normalized spacial score (nSPS) is 11.4. The van der Waals surface area contributed by atoms with Crippen molar-refractivity contribution >= 4 is 21.4 Å². The summed E-state index contributed by atoms with van der Waals surface area (Å²) in [6, 6.07) is 8.97. The van der Waals surface area contributed by atoms with Crippen molar-refractivity contribution in [3.8, 4) is 5.69 Å². The fourth-order valence-corrected chi connectivity index (χ4v) is 3.30. The first-order chi connectivity index (χ1) is 12.8. The van der Waals surface area contributed by atoms with E-state index in [1.165, 1.54) is 42.2 Å². The van der Waals surface area contributed by atoms with Gasteiger partial charge in [-0.2, -0.15) is 5.10 Å². The van der Waals surface area contributed by atoms with Gasteiger partial charge in [0.2, 0.25) is 0 Å². The fourth-order valence-electron chi connectivity index (χ4n) is 2.39. The SMILES string of the molecule is CCS(=O)(=O)c1ccc(F)c(C(=O)Nc2cnn(-c3ccccc3F)c2)c1. The van der Waals surface area contributed by atoms with Crippen molar-refractivity contribution in [2.75, 3.05) is 11.1 Å². The van der Waals surface area contributed by atoms with Gasteiger partial charge in [-0.1, -0.05) is 19.1 Å². The number of anilines is 1. The minimum atomic E-state index is -3.59. The first-order valence-corrected chi connectivity index (χ1v) is 9.60. The van der Waals surface area contributed by atoms with Crippen LogP contribution in [0.5, 0.6) is 0 Å². The van der Waals surface area contributed by atoms with Gasteiger partial charge in [0.05, 0.1) is 34.3 Å². The summed E-state index contributed by atoms with van der Waals surface area (Å²) in [6.45, 7) is 1.45. The van der Waals surface area contributed by atoms with Crippen LogP contribution in [0.25, 0.3) is 5.69 Å². The van der Waals surface area contributed by atoms with Crippen molar-refractivity contribution in [1.29, 1.82) is 0 Å². The molecule has 0 aliphatic heterocycles. The lowest BCUT2D eigenvalue weighted by Crippen LogP contribution is -2.15. The van der Waals surface area contributed by atoms with E-state index in [4.69, 9.17) is 0 Å². The molecule has 0 aliphatic carbocycles. The van der Waals surface area contributed by atoms with Crippen LogP contribution in [0.3, 0.4) is 0 Å². The molecule has 2 aromatic carbocycles. The van der Waals surface area contributed by atoms with Gasteiger partial charge >= 0.3 is 0 Å². The molecule has 1 aromatic heterocycles. The van der Waals surface area contributed by atoms with Crippen LogP contribution in [0.1, 0.15) is 17.3 Å². The number of hydrogen-bond acceptors (Lipinski definition) is 4. The number of nitrogens with one attached hydrogen (secondary N) is 1. The van der Waals surface area contributed by atoms with Crippen LogP contribution in [0, 0.1) is 11.6 Å². The molecule has 1 amide bonds. The summed E-state index contributed by atoms with van der Waals surface area (Å²) in [5, 5.41) is 6.38. The van der Waals surface area contributed by atoms with E-state index in [0.29, 0.717) is 0 Å². The van der Waals surface area contributed by atoms with E-state index in [1.807, 2.05) is 0 Å². The molecule has 0 fully saturated rings. The van der Waals surface area contributed by atoms with E-state index in [1.54, 1.807) is 6.07 Å². The number of para-hydroxylation sites is 1. The summed E-state index contributed by atoms with van der Waals surface area (Å²) in [5.41, 5.74) is -0.0326. The quantitative estimate of drug-likeness (QED) is 0.678. The zero-order chi connectivity index (χ0) is 19.6. The first-order valence-electron chi connectivity index (χ1n) is 7.95. The molecule has 0 aliphatic rings. The number of carbonyl (C=O) groups excluding carboxylic acids is 1. The van der Waals surface area contributed by atoms with Crippen molar-refractivity contribution in [3.05, 3.63) is 72.1 Å². The van der Waals surface area contributed by atoms with Crippen LogP contribution in [0.4, 0.5) is 14.5 Å². The van der Waals surface area contributed by atoms with E-state index >= 15 is 0 Å². The topological polar surface area (TPSA) is 81.1 Å². The highest BCUT2D eigenvalue weighted by molar-refractivity contribution is 7.91. The number of benzene rings is 2. The van der Waals surface area contributed by atoms with E-state index in [0.717, 1.165) is 18.2 Å². The number of amides is 1. The Labute approximate surface area is 154 Å². The lowest BCUT2D eigenvalue weighted by atomic mass is 10.2. The number of hydrogen-bond donors (Lipinski definition) is 1. The average Bonchev–Trinajstić information content (AvgIpc) is 3.10. The van der Waals surface area contributed by atoms with Gasteiger partial charge in [0.25, 0.3) is 5.91 Å². The van der Waals surface area contributed by atoms with Gasteiger partial charge in [0.15, 0.2) is 9.84 Å². The molecular formula is C18H15F2N3O3S. The molecule has 0 atom stereocenters. The van der Waals surface area contributed by atoms with E-state index in [-0.39, 0.29) is 22.0 Å². The Morgan fingerprint density at radius 3 is 2.59 bits per heavy atom. The number of halogens is 2. The molecule has 0 saturated carbocycles. The van der Waals surface area contributed by atoms with Crippen LogP contribution >= 0.6 is 0 Å². The molecule has 140 valence electrons. The second-order valence-corrected chi connectivity index (χ2v) is 7.90. The van der Waals surface area contributed by atoms with E-state index in [9.17, 15) is 22.0 Å². The minimum absolute atomic E-state index is 0.140. The molecule has 0 bridgehead atoms. The van der Waals surface area contributed by atoms with Gasteiger partial charge in [-0.3, -0.25) is 4.79 Å². The van der Waals surface area contributed by atoms with Gasteiger partial charge in [0, 0.05) is 0 Å². The highest BCUT2D eigenvalue weighted by atomic mass is 32.2. The Bertz CT molecular complexity index is 1110. The number of sulfone groups is 1. The maximum absolute atomic E-state index is 14.0. The van der Waals surface area contributed by atoms with Crippen LogP contribution in [-0.4, -0.2) is 29.9 Å². The molecule has 0 saturated heterocycles. The van der Waals surface area contributed by atoms with E-state index in [2.05, 4.69) is 10.4 Å². The number of carbonyl (C=O) groups is 1. The van der Waals surface area contributed by atoms with E-state index < -0.39 is 32.9 Å². The molecular weight excluding hydrogens is 376 g/mol. The third kappa shape index (κ3) is 3.87. The predicted octanol–water partition coefficient (Wildman–Crippen LogP) is 3.20. The number of rotatable bonds is 5. The molecule has 0 unspecified atom stereocenters. The molecule has 6 nitrogen and oxygen atoms in total. The smallest absolute Gasteiger partial charge is 0.258 e. The number of aromatic nitrogens is 2. The van der Waals surface area contributed by atoms with Crippen LogP contribution in [0.15, 0.2) is 59.8 Å². The Hall–Kier alpha value is -3.07. The molecule has 3 aromatic rings. The monoisotopic (exact) mass is 391 g/mol. The molecule has 9 heteroatoms. The van der Waals surface area contributed by atoms with Crippen molar-refractivity contribution in [3.63, 3.8) is 0 Å². The first kappa shape index (κ1) is 18.7. The van der Waals surface area contributed by atoms with Gasteiger partial charge in [-0.05, 0) is 30.3 Å². The van der Waals surface area contributed by atoms with Crippen LogP contribution in [-0.2, 0) is 9.84 Å². The Morgan fingerprint density at radius 1 is 1.15 bits per heavy atom. The molecule has 0 spiro atoms. The minimum Gasteiger partial charge on any atom is -0.319 e. The zero-order valence-electron chi connectivity index (χ0n) is 14.2. The van der Waals surface area contributed by atoms with Crippen molar-refractivity contribution in [2.24, 2.45) is 0 Å². The number of nitrogens with zero attached hydrogens (tertiary/aromatic N) is 2. The third-order valence-corrected chi connectivity index (χ3v) is 5.59. The predicted molar refractivity (Wildman–Crippen MR) is 95.6 cm³/mol. The zero-order valence-corrected chi connectivity index (χ0v) is 15.0. The second kappa shape index (κ2) is 7.28. The lowest BCUT2D eigenvalue weighted by Gasteiger charge is -2.07. The van der Waals surface area contributed by atoms with Crippen LogP contribution in [0.2, 0.25) is 0 Å². The standard InChI is InChI=1S/C18H15F2N3O3S/c1-2-27(25,26)13-7-8-15(19)14(9-13)18(24)22-12-10-21-23(11-12)17-6-4-3-5-16(17)20/h3-11H,2H2,1H3,(H,22,24). The maximum atomic E-state index is 14.0. The Balaban J connectivity index is 1.87. The summed E-state index contributed by atoms with van der Waals surface area (Å²) >= 11 is 0. The fraction of sp³-hybridized carbons (Fsp3) is 0.111. The lowest BCUT2D eigenvalue weighted by molar-refractivity contribution is 0.102. The highest BCUT2D eigenvalue weighted by Crippen LogP contribution is 2.19. The largest absolute Gasteiger partial charge is 0.319 e. The summed E-state index contributed by atoms with van der Waals surface area (Å²) in [5.74, 6) is -2.37. The summed E-state index contributed by atoms with van der Waals surface area (Å²) in [6.07, 6.45) is 2.63. The van der Waals surface area contributed by atoms with Gasteiger partial charge in [0.1, 0.15) is 17.3 Å². The summed E-state index contributed by atoms with van der Waals surface area (Å²) in [7, 11) is -3.59. The van der Waals surface area contributed by atoms with Crippen molar-refractivity contribution < 1.29 is 22.0 Å².